The van der Waals surface area contributed by atoms with Crippen LogP contribution in [0.4, 0.5) is 13.2 Å². The van der Waals surface area contributed by atoms with E-state index in [4.69, 9.17) is 4.84 Å². The van der Waals surface area contributed by atoms with E-state index in [-0.39, 0.29) is 18.9 Å². The van der Waals surface area contributed by atoms with Crippen LogP contribution in [0.2, 0.25) is 0 Å². The molecule has 1 amide bonds. The van der Waals surface area contributed by atoms with Crippen molar-refractivity contribution < 1.29 is 22.8 Å². The van der Waals surface area contributed by atoms with Crippen LogP contribution in [-0.4, -0.2) is 23.2 Å². The standard InChI is InChI=1S/C17H16F3NO2/c1-17(9-13(19)12(18)7-14(17)20)15-8-16(22)21(15)23-10-11-5-3-2-4-6-11/h2-7,9,14-15H,8,10H2,1H3/t14?,15-,17?/m1/s1. The molecule has 0 saturated carbocycles. The van der Waals surface area contributed by atoms with E-state index in [1.165, 1.54) is 6.92 Å². The summed E-state index contributed by atoms with van der Waals surface area (Å²) >= 11 is 0. The average molecular weight is 323 g/mol. The number of benzene rings is 1. The Balaban J connectivity index is 1.74. The van der Waals surface area contributed by atoms with E-state index in [2.05, 4.69) is 0 Å². The van der Waals surface area contributed by atoms with E-state index in [1.54, 1.807) is 0 Å². The molecule has 1 fully saturated rings. The van der Waals surface area contributed by atoms with Crippen molar-refractivity contribution in [2.75, 3.05) is 0 Å². The summed E-state index contributed by atoms with van der Waals surface area (Å²) in [6, 6.07) is 8.50. The van der Waals surface area contributed by atoms with Gasteiger partial charge >= 0.3 is 0 Å². The monoisotopic (exact) mass is 323 g/mol. The maximum Gasteiger partial charge on any atom is 0.248 e. The molecule has 1 aromatic rings. The number of amides is 1. The number of carbonyl (C=O) groups excluding carboxylic acids is 1. The second-order valence-corrected chi connectivity index (χ2v) is 5.97. The highest BCUT2D eigenvalue weighted by molar-refractivity contribution is 5.82. The first-order chi connectivity index (χ1) is 10.9. The Labute approximate surface area is 132 Å². The molecule has 3 atom stereocenters. The summed E-state index contributed by atoms with van der Waals surface area (Å²) in [6.07, 6.45) is -0.190. The van der Waals surface area contributed by atoms with Crippen molar-refractivity contribution in [1.29, 1.82) is 0 Å². The van der Waals surface area contributed by atoms with Gasteiger partial charge in [-0.05, 0) is 17.7 Å². The van der Waals surface area contributed by atoms with Gasteiger partial charge in [0.15, 0.2) is 11.7 Å². The molecule has 3 nitrogen and oxygen atoms in total. The van der Waals surface area contributed by atoms with Gasteiger partial charge in [-0.15, -0.1) is 0 Å². The highest BCUT2D eigenvalue weighted by Crippen LogP contribution is 2.45. The van der Waals surface area contributed by atoms with E-state index in [0.29, 0.717) is 6.08 Å². The molecule has 1 aliphatic carbocycles. The molecule has 1 aromatic carbocycles. The first kappa shape index (κ1) is 15.8. The summed E-state index contributed by atoms with van der Waals surface area (Å²) in [4.78, 5) is 17.2. The molecule has 3 rings (SSSR count). The second kappa shape index (κ2) is 5.85. The van der Waals surface area contributed by atoms with Crippen LogP contribution < -0.4 is 0 Å². The van der Waals surface area contributed by atoms with Crippen molar-refractivity contribution in [3.63, 3.8) is 0 Å². The summed E-state index contributed by atoms with van der Waals surface area (Å²) in [5.41, 5.74) is -0.506. The number of hydrogen-bond acceptors (Lipinski definition) is 2. The molecule has 0 radical (unpaired) electrons. The van der Waals surface area contributed by atoms with Crippen molar-refractivity contribution in [3.05, 3.63) is 59.7 Å². The smallest absolute Gasteiger partial charge is 0.248 e. The van der Waals surface area contributed by atoms with Crippen molar-refractivity contribution in [2.24, 2.45) is 5.41 Å². The van der Waals surface area contributed by atoms with Crippen LogP contribution in [0.3, 0.4) is 0 Å². The van der Waals surface area contributed by atoms with Gasteiger partial charge in [-0.1, -0.05) is 37.3 Å². The predicted octanol–water partition coefficient (Wildman–Crippen LogP) is 3.78. The number of allylic oxidation sites excluding steroid dienone is 3. The fourth-order valence-electron chi connectivity index (χ4n) is 2.84. The fraction of sp³-hybridized carbons (Fsp3) is 0.353. The number of nitrogens with zero attached hydrogens (tertiary/aromatic N) is 1. The maximum atomic E-state index is 14.3. The molecule has 2 unspecified atom stereocenters. The molecular weight excluding hydrogens is 307 g/mol. The normalized spacial score (nSPS) is 30.6. The van der Waals surface area contributed by atoms with Crippen molar-refractivity contribution in [2.45, 2.75) is 32.2 Å². The Morgan fingerprint density at radius 1 is 1.26 bits per heavy atom. The number of β-lactam (4-membered cyclic amide) rings is 1. The van der Waals surface area contributed by atoms with Gasteiger partial charge in [-0.2, -0.15) is 0 Å². The van der Waals surface area contributed by atoms with Gasteiger partial charge < -0.3 is 0 Å². The number of carbonyl (C=O) groups is 1. The number of halogens is 3. The van der Waals surface area contributed by atoms with Crippen molar-refractivity contribution in [3.8, 4) is 0 Å². The zero-order chi connectivity index (χ0) is 16.6. The quantitative estimate of drug-likeness (QED) is 0.789. The third-order valence-corrected chi connectivity index (χ3v) is 4.38. The van der Waals surface area contributed by atoms with Gasteiger partial charge in [0.1, 0.15) is 12.8 Å². The molecule has 1 heterocycles. The first-order valence-electron chi connectivity index (χ1n) is 7.31. The Kier molecular flexibility index (Phi) is 4.02. The van der Waals surface area contributed by atoms with Gasteiger partial charge in [-0.3, -0.25) is 9.63 Å². The number of hydroxylamine groups is 2. The van der Waals surface area contributed by atoms with E-state index in [1.807, 2.05) is 30.3 Å². The van der Waals surface area contributed by atoms with Crippen molar-refractivity contribution >= 4 is 5.91 Å². The molecule has 23 heavy (non-hydrogen) atoms. The lowest BCUT2D eigenvalue weighted by molar-refractivity contribution is -0.249. The number of hydrogen-bond donors (Lipinski definition) is 0. The van der Waals surface area contributed by atoms with E-state index in [9.17, 15) is 18.0 Å². The molecule has 1 aliphatic heterocycles. The van der Waals surface area contributed by atoms with Crippen molar-refractivity contribution in [1.82, 2.24) is 5.06 Å². The SMILES string of the molecule is CC1([C@H]2CC(=O)N2OCc2ccccc2)C=C(F)C(F)=CC1F. The molecule has 0 N–H and O–H groups in total. The number of alkyl halides is 1. The molecule has 2 aliphatic rings. The fourth-order valence-corrected chi connectivity index (χ4v) is 2.84. The van der Waals surface area contributed by atoms with E-state index < -0.39 is 29.3 Å². The van der Waals surface area contributed by atoms with Crippen LogP contribution in [-0.2, 0) is 16.2 Å². The summed E-state index contributed by atoms with van der Waals surface area (Å²) in [7, 11) is 0. The topological polar surface area (TPSA) is 29.5 Å². The lowest BCUT2D eigenvalue weighted by atomic mass is 9.71. The molecular formula is C17H16F3NO2. The van der Waals surface area contributed by atoms with Gasteiger partial charge in [-0.25, -0.2) is 18.2 Å². The Hall–Kier alpha value is -2.08. The van der Waals surface area contributed by atoms with Crippen LogP contribution in [0.1, 0.15) is 18.9 Å². The minimum Gasteiger partial charge on any atom is -0.272 e. The minimum atomic E-state index is -1.73. The lowest BCUT2D eigenvalue weighted by Gasteiger charge is -2.49. The largest absolute Gasteiger partial charge is 0.272 e. The molecule has 6 heteroatoms. The highest BCUT2D eigenvalue weighted by Gasteiger charge is 2.53. The van der Waals surface area contributed by atoms with Crippen LogP contribution in [0, 0.1) is 5.41 Å². The molecule has 0 aromatic heterocycles. The zero-order valence-corrected chi connectivity index (χ0v) is 12.5. The summed E-state index contributed by atoms with van der Waals surface area (Å²) in [5.74, 6) is -2.62. The van der Waals surface area contributed by atoms with Gasteiger partial charge in [0, 0.05) is 5.41 Å². The second-order valence-electron chi connectivity index (χ2n) is 5.97. The van der Waals surface area contributed by atoms with Crippen LogP contribution in [0.15, 0.2) is 54.1 Å². The predicted molar refractivity (Wildman–Crippen MR) is 77.9 cm³/mol. The molecule has 0 spiro atoms. The third kappa shape index (κ3) is 2.79. The highest BCUT2D eigenvalue weighted by atomic mass is 19.2. The minimum absolute atomic E-state index is 0.0327. The molecule has 122 valence electrons. The van der Waals surface area contributed by atoms with Crippen LogP contribution in [0.5, 0.6) is 0 Å². The summed E-state index contributed by atoms with van der Waals surface area (Å²) in [5, 5.41) is 1.07. The maximum absolute atomic E-state index is 14.3. The Bertz CT molecular complexity index is 674. The lowest BCUT2D eigenvalue weighted by Crippen LogP contribution is -2.61. The zero-order valence-electron chi connectivity index (χ0n) is 12.5. The average Bonchev–Trinajstić information content (AvgIpc) is 2.52. The van der Waals surface area contributed by atoms with E-state index in [0.717, 1.165) is 16.7 Å². The van der Waals surface area contributed by atoms with Gasteiger partial charge in [0.25, 0.3) is 0 Å². The van der Waals surface area contributed by atoms with E-state index >= 15 is 0 Å². The number of rotatable bonds is 4. The van der Waals surface area contributed by atoms with Gasteiger partial charge in [0.05, 0.1) is 12.5 Å². The molecule has 1 saturated heterocycles. The van der Waals surface area contributed by atoms with Crippen LogP contribution in [0.25, 0.3) is 0 Å². The van der Waals surface area contributed by atoms with Crippen LogP contribution >= 0.6 is 0 Å². The Morgan fingerprint density at radius 3 is 2.61 bits per heavy atom. The van der Waals surface area contributed by atoms with Gasteiger partial charge in [0.2, 0.25) is 5.91 Å². The first-order valence-corrected chi connectivity index (χ1v) is 7.31. The Morgan fingerprint density at radius 2 is 1.96 bits per heavy atom. The third-order valence-electron chi connectivity index (χ3n) is 4.38. The summed E-state index contributed by atoms with van der Waals surface area (Å²) in [6.45, 7) is 1.60. The molecule has 0 bridgehead atoms. The summed E-state index contributed by atoms with van der Waals surface area (Å²) < 4.78 is 41.0.